The summed E-state index contributed by atoms with van der Waals surface area (Å²) < 4.78 is 5.23. The lowest BCUT2D eigenvalue weighted by atomic mass is 9.85. The fourth-order valence-electron chi connectivity index (χ4n) is 4.28. The van der Waals surface area contributed by atoms with Crippen molar-refractivity contribution in [3.05, 3.63) is 66.2 Å². The van der Waals surface area contributed by atoms with Gasteiger partial charge in [0, 0.05) is 18.5 Å². The smallest absolute Gasteiger partial charge is 0.274 e. The average Bonchev–Trinajstić information content (AvgIpc) is 2.87. The van der Waals surface area contributed by atoms with Gasteiger partial charge < -0.3 is 4.74 Å². The van der Waals surface area contributed by atoms with Crippen LogP contribution in [0.1, 0.15) is 64.9 Å². The Morgan fingerprint density at radius 3 is 1.85 bits per heavy atom. The molecule has 0 heterocycles. The van der Waals surface area contributed by atoms with Crippen LogP contribution in [0.25, 0.3) is 17.2 Å². The normalized spacial score (nSPS) is 12.7. The fourth-order valence-corrected chi connectivity index (χ4v) is 9.13. The maximum absolute atomic E-state index is 12.8. The molecule has 2 radical (unpaired) electrons. The fraction of sp³-hybridized carbons (Fsp3) is 0.483. The predicted molar refractivity (Wildman–Crippen MR) is 149 cm³/mol. The highest BCUT2D eigenvalue weighted by atomic mass is 31.2. The molecule has 0 bridgehead atoms. The van der Waals surface area contributed by atoms with E-state index in [4.69, 9.17) is 4.74 Å². The predicted octanol–water partition coefficient (Wildman–Crippen LogP) is 8.37. The third kappa shape index (κ3) is 9.13. The molecule has 0 aliphatic carbocycles. The van der Waals surface area contributed by atoms with Crippen LogP contribution >= 0.6 is 7.14 Å². The molecule has 178 valence electrons. The van der Waals surface area contributed by atoms with Crippen molar-refractivity contribution in [2.75, 3.05) is 25.6 Å². The molecule has 2 rings (SSSR count). The van der Waals surface area contributed by atoms with Crippen molar-refractivity contribution in [3.8, 4) is 11.1 Å². The van der Waals surface area contributed by atoms with Crippen LogP contribution in [0.15, 0.2) is 60.7 Å². The van der Waals surface area contributed by atoms with Gasteiger partial charge >= 0.3 is 0 Å². The summed E-state index contributed by atoms with van der Waals surface area (Å²) in [5.74, 6) is -0.413. The lowest BCUT2D eigenvalue weighted by molar-refractivity contribution is -0.139. The van der Waals surface area contributed by atoms with Gasteiger partial charge in [0.05, 0.1) is 7.11 Å². The minimum atomic E-state index is -1.32. The van der Waals surface area contributed by atoms with Crippen molar-refractivity contribution in [2.45, 2.75) is 65.1 Å². The molecule has 0 spiro atoms. The summed E-state index contributed by atoms with van der Waals surface area (Å²) in [5, 5.41) is 0. The van der Waals surface area contributed by atoms with Gasteiger partial charge in [-0.05, 0) is 36.0 Å². The lowest BCUT2D eigenvalue weighted by Crippen LogP contribution is -2.23. The summed E-state index contributed by atoms with van der Waals surface area (Å²) in [5.41, 5.74) is 3.52. The van der Waals surface area contributed by atoms with Crippen molar-refractivity contribution >= 4 is 26.2 Å². The largest absolute Gasteiger partial charge is 0.471 e. The number of carbonyl (C=O) groups is 1. The maximum atomic E-state index is 12.8. The summed E-state index contributed by atoms with van der Waals surface area (Å²) >= 11 is 0. The molecule has 4 heteroatoms. The Morgan fingerprint density at radius 1 is 0.848 bits per heavy atom. The van der Waals surface area contributed by atoms with E-state index in [1.165, 1.54) is 75.2 Å². The summed E-state index contributed by atoms with van der Waals surface area (Å²) in [6.07, 6.45) is 15.3. The van der Waals surface area contributed by atoms with E-state index in [1.54, 1.807) is 0 Å². The van der Waals surface area contributed by atoms with E-state index in [0.29, 0.717) is 0 Å². The van der Waals surface area contributed by atoms with Gasteiger partial charge in [0.1, 0.15) is 0 Å². The zero-order valence-corrected chi connectivity index (χ0v) is 22.0. The second-order valence-electron chi connectivity index (χ2n) is 9.00. The summed E-state index contributed by atoms with van der Waals surface area (Å²) in [4.78, 5) is 12.8. The van der Waals surface area contributed by atoms with Crippen LogP contribution in [0.2, 0.25) is 5.82 Å². The van der Waals surface area contributed by atoms with Crippen LogP contribution in [0.3, 0.4) is 0 Å². The monoisotopic (exact) mass is 464 g/mol. The number of rotatable bonds is 15. The molecule has 0 aliphatic heterocycles. The molecule has 2 nitrogen and oxygen atoms in total. The Kier molecular flexibility index (Phi) is 12.6. The lowest BCUT2D eigenvalue weighted by Gasteiger charge is -2.42. The van der Waals surface area contributed by atoms with Crippen LogP contribution < -0.4 is 0 Å². The molecule has 0 aliphatic rings. The maximum Gasteiger partial charge on any atom is 0.274 e. The summed E-state index contributed by atoms with van der Waals surface area (Å²) in [7, 11) is 0.195. The molecule has 1 unspecified atom stereocenters. The number of hydrogen-bond donors (Lipinski definition) is 0. The standard InChI is InChI=1S/C29H42BO2P/c1-5-8-22-33(23-9-6-2,24-10-7-3)30-28(29(31)32-4)21-18-25-16-19-27(20-17-25)26-14-12-11-13-15-26/h11-21,28H,5-10,22-24H2,1-4H3/b21-18+. The third-order valence-electron chi connectivity index (χ3n) is 6.33. The van der Waals surface area contributed by atoms with E-state index in [9.17, 15) is 4.79 Å². The zero-order chi connectivity index (χ0) is 23.9. The first-order valence-electron chi connectivity index (χ1n) is 12.7. The Morgan fingerprint density at radius 2 is 1.36 bits per heavy atom. The first kappa shape index (κ1) is 27.4. The van der Waals surface area contributed by atoms with Crippen LogP contribution in [0, 0.1) is 0 Å². The van der Waals surface area contributed by atoms with Crippen LogP contribution in [-0.4, -0.2) is 38.6 Å². The second-order valence-corrected chi connectivity index (χ2v) is 13.1. The Labute approximate surface area is 203 Å². The molecule has 0 N–H and O–H groups in total. The third-order valence-corrected chi connectivity index (χ3v) is 10.9. The number of unbranched alkanes of at least 4 members (excludes halogenated alkanes) is 3. The summed E-state index contributed by atoms with van der Waals surface area (Å²) in [6, 6.07) is 18.9. The molecule has 0 amide bonds. The van der Waals surface area contributed by atoms with Crippen molar-refractivity contribution in [1.29, 1.82) is 0 Å². The van der Waals surface area contributed by atoms with E-state index in [-0.39, 0.29) is 11.8 Å². The first-order chi connectivity index (χ1) is 16.1. The number of esters is 1. The SMILES string of the molecule is CCCC[P+]([B-]C(/C=C/c1ccc(-c2ccccc2)cc1)C(=O)OC)(CCCC)CCCC. The number of methoxy groups -OCH3 is 1. The average molecular weight is 464 g/mol. The Hall–Kier alpha value is -1.86. The Bertz CT molecular complexity index is 811. The highest BCUT2D eigenvalue weighted by Crippen LogP contribution is 2.61. The molecule has 0 aromatic heterocycles. The van der Waals surface area contributed by atoms with E-state index in [0.717, 1.165) is 5.56 Å². The van der Waals surface area contributed by atoms with Crippen LogP contribution in [0.5, 0.6) is 0 Å². The van der Waals surface area contributed by atoms with Gasteiger partial charge in [0.15, 0.2) is 0 Å². The minimum Gasteiger partial charge on any atom is -0.471 e. The molecule has 0 saturated carbocycles. The highest BCUT2D eigenvalue weighted by molar-refractivity contribution is 8.00. The van der Waals surface area contributed by atoms with Crippen molar-refractivity contribution in [1.82, 2.24) is 0 Å². The number of hydrogen-bond acceptors (Lipinski definition) is 2. The highest BCUT2D eigenvalue weighted by Gasteiger charge is 2.28. The van der Waals surface area contributed by atoms with Gasteiger partial charge in [-0.3, -0.25) is 4.79 Å². The minimum absolute atomic E-state index is 0.138. The molecular weight excluding hydrogens is 422 g/mol. The van der Waals surface area contributed by atoms with E-state index >= 15 is 0 Å². The van der Waals surface area contributed by atoms with E-state index in [1.807, 2.05) is 6.07 Å². The quantitative estimate of drug-likeness (QED) is 0.150. The van der Waals surface area contributed by atoms with E-state index in [2.05, 4.69) is 88.5 Å². The van der Waals surface area contributed by atoms with Gasteiger partial charge in [0.25, 0.3) is 5.97 Å². The molecular formula is C29H42BO2P. The van der Waals surface area contributed by atoms with Gasteiger partial charge in [-0.2, -0.15) is 0 Å². The van der Waals surface area contributed by atoms with E-state index < -0.39 is 7.14 Å². The molecule has 2 aromatic rings. The zero-order valence-electron chi connectivity index (χ0n) is 21.1. The molecule has 2 aromatic carbocycles. The van der Waals surface area contributed by atoms with Crippen molar-refractivity contribution in [3.63, 3.8) is 0 Å². The van der Waals surface area contributed by atoms with Crippen molar-refractivity contribution in [2.24, 2.45) is 0 Å². The molecule has 1 atom stereocenters. The second kappa shape index (κ2) is 15.1. The molecule has 0 fully saturated rings. The van der Waals surface area contributed by atoms with Crippen LogP contribution in [0.4, 0.5) is 0 Å². The number of carbonyl (C=O) groups excluding carboxylic acids is 1. The summed E-state index contributed by atoms with van der Waals surface area (Å²) in [6.45, 7) is 9.25. The topological polar surface area (TPSA) is 26.3 Å². The van der Waals surface area contributed by atoms with Gasteiger partial charge in [-0.15, -0.1) is 6.08 Å². The van der Waals surface area contributed by atoms with Crippen molar-refractivity contribution < 1.29 is 9.53 Å². The van der Waals surface area contributed by atoms with Gasteiger partial charge in [-0.25, -0.2) is 7.14 Å². The Balaban J connectivity index is 2.23. The van der Waals surface area contributed by atoms with Crippen LogP contribution in [-0.2, 0) is 9.53 Å². The molecule has 33 heavy (non-hydrogen) atoms. The first-order valence-corrected chi connectivity index (χ1v) is 15.1. The number of benzene rings is 2. The van der Waals surface area contributed by atoms with Gasteiger partial charge in [-0.1, -0.05) is 114 Å². The molecule has 0 saturated heterocycles. The van der Waals surface area contributed by atoms with Gasteiger partial charge in [0.2, 0.25) is 0 Å². The number of ether oxygens (including phenoxy) is 1.